The summed E-state index contributed by atoms with van der Waals surface area (Å²) >= 11 is 0. The molecule has 1 unspecified atom stereocenters. The van der Waals surface area contributed by atoms with Crippen molar-refractivity contribution in [1.82, 2.24) is 19.4 Å². The topological polar surface area (TPSA) is 106 Å². The molecule has 1 fully saturated rings. The van der Waals surface area contributed by atoms with Crippen molar-refractivity contribution in [3.05, 3.63) is 46.4 Å². The number of aryl methyl sites for hydroxylation is 2. The van der Waals surface area contributed by atoms with Gasteiger partial charge in [0.15, 0.2) is 0 Å². The van der Waals surface area contributed by atoms with Gasteiger partial charge in [0.2, 0.25) is 0 Å². The molecule has 0 aliphatic carbocycles. The van der Waals surface area contributed by atoms with Crippen LogP contribution in [0, 0.1) is 18.8 Å². The molecular formula is C31H45ClN4O6. The molecule has 2 atom stereocenters. The molecule has 0 radical (unpaired) electrons. The summed E-state index contributed by atoms with van der Waals surface area (Å²) in [5, 5.41) is 3.28. The van der Waals surface area contributed by atoms with Crippen LogP contribution in [0.25, 0.3) is 22.4 Å². The molecule has 0 spiro atoms. The number of rotatable bonds is 13. The Kier molecular flexibility index (Phi) is 12.4. The van der Waals surface area contributed by atoms with E-state index in [1.807, 2.05) is 58.2 Å². The number of hydrogen-bond acceptors (Lipinski definition) is 8. The highest BCUT2D eigenvalue weighted by atomic mass is 35.5. The normalized spacial score (nSPS) is 15.4. The third kappa shape index (κ3) is 8.34. The average Bonchev–Trinajstić information content (AvgIpc) is 3.29. The summed E-state index contributed by atoms with van der Waals surface area (Å²) in [5.74, 6) is 1.82. The van der Waals surface area contributed by atoms with Crippen molar-refractivity contribution in [2.75, 3.05) is 40.1 Å². The quantitative estimate of drug-likeness (QED) is 0.229. The van der Waals surface area contributed by atoms with Crippen molar-refractivity contribution in [2.24, 2.45) is 18.9 Å². The van der Waals surface area contributed by atoms with Crippen LogP contribution in [-0.2, 0) is 32.6 Å². The Balaban J connectivity index is 0.00000484. The number of carbonyl (C=O) groups is 1. The van der Waals surface area contributed by atoms with E-state index in [0.29, 0.717) is 31.2 Å². The van der Waals surface area contributed by atoms with Gasteiger partial charge in [-0.25, -0.2) is 4.98 Å². The van der Waals surface area contributed by atoms with E-state index in [1.165, 1.54) is 0 Å². The van der Waals surface area contributed by atoms with E-state index in [2.05, 4.69) is 9.88 Å². The van der Waals surface area contributed by atoms with Crippen molar-refractivity contribution in [2.45, 2.75) is 59.2 Å². The monoisotopic (exact) mass is 604 g/mol. The highest BCUT2D eigenvalue weighted by Gasteiger charge is 2.25. The van der Waals surface area contributed by atoms with Gasteiger partial charge in [0.05, 0.1) is 17.6 Å². The minimum atomic E-state index is -0.436. The lowest BCUT2D eigenvalue weighted by molar-refractivity contribution is -0.154. The van der Waals surface area contributed by atoms with Gasteiger partial charge in [-0.15, -0.1) is 12.4 Å². The fourth-order valence-corrected chi connectivity index (χ4v) is 5.30. The van der Waals surface area contributed by atoms with Gasteiger partial charge in [0.1, 0.15) is 30.3 Å². The summed E-state index contributed by atoms with van der Waals surface area (Å²) in [6.45, 7) is 11.2. The molecule has 3 heterocycles. The molecule has 0 bridgehead atoms. The molecule has 3 aromatic rings. The van der Waals surface area contributed by atoms with Crippen molar-refractivity contribution < 1.29 is 23.7 Å². The zero-order chi connectivity index (χ0) is 29.5. The minimum Gasteiger partial charge on any atom is -0.492 e. The Hall–Kier alpha value is -2.92. The third-order valence-corrected chi connectivity index (χ3v) is 7.50. The summed E-state index contributed by atoms with van der Waals surface area (Å²) in [5.41, 5.74) is 3.44. The number of hydrogen-bond donors (Lipinski definition) is 1. The maximum atomic E-state index is 12.6. The molecule has 1 aliphatic rings. The molecule has 2 aromatic heterocycles. The molecule has 0 saturated carbocycles. The van der Waals surface area contributed by atoms with E-state index in [9.17, 15) is 9.59 Å². The molecule has 232 valence electrons. The molecule has 4 rings (SSSR count). The molecular weight excluding hydrogens is 560 g/mol. The lowest BCUT2D eigenvalue weighted by Gasteiger charge is -2.24. The first-order chi connectivity index (χ1) is 19.7. The van der Waals surface area contributed by atoms with Crippen LogP contribution >= 0.6 is 12.4 Å². The maximum Gasteiger partial charge on any atom is 0.323 e. The Morgan fingerprint density at radius 3 is 2.60 bits per heavy atom. The van der Waals surface area contributed by atoms with Crippen LogP contribution < -0.4 is 15.6 Å². The number of methoxy groups -OCH3 is 1. The Bertz CT molecular complexity index is 1360. The highest BCUT2D eigenvalue weighted by Crippen LogP contribution is 2.30. The van der Waals surface area contributed by atoms with E-state index in [4.69, 9.17) is 23.9 Å². The smallest absolute Gasteiger partial charge is 0.323 e. The molecule has 1 N–H and O–H groups in total. The molecule has 10 nitrogen and oxygen atoms in total. The summed E-state index contributed by atoms with van der Waals surface area (Å²) in [6, 6.07) is 7.40. The number of nitrogens with zero attached hydrogens (tertiary/aromatic N) is 3. The molecule has 1 saturated heterocycles. The lowest BCUT2D eigenvalue weighted by Crippen LogP contribution is -2.45. The third-order valence-electron chi connectivity index (χ3n) is 7.50. The van der Waals surface area contributed by atoms with Gasteiger partial charge >= 0.3 is 5.97 Å². The number of pyridine rings is 1. The zero-order valence-corrected chi connectivity index (χ0v) is 26.4. The van der Waals surface area contributed by atoms with Crippen LogP contribution in [0.4, 0.5) is 0 Å². The van der Waals surface area contributed by atoms with Crippen molar-refractivity contribution in [3.63, 3.8) is 0 Å². The van der Waals surface area contributed by atoms with Crippen LogP contribution in [0.15, 0.2) is 35.3 Å². The van der Waals surface area contributed by atoms with Crippen molar-refractivity contribution >= 4 is 29.4 Å². The Labute approximate surface area is 254 Å². The minimum absolute atomic E-state index is 0. The summed E-state index contributed by atoms with van der Waals surface area (Å²) < 4.78 is 26.2. The number of aromatic nitrogens is 3. The highest BCUT2D eigenvalue weighted by molar-refractivity contribution is 5.85. The number of benzene rings is 1. The lowest BCUT2D eigenvalue weighted by atomic mass is 10.00. The average molecular weight is 605 g/mol. The van der Waals surface area contributed by atoms with Gasteiger partial charge in [-0.1, -0.05) is 13.8 Å². The number of halogens is 1. The second-order valence-electron chi connectivity index (χ2n) is 11.3. The van der Waals surface area contributed by atoms with Crippen LogP contribution in [0.3, 0.4) is 0 Å². The maximum absolute atomic E-state index is 12.6. The van der Waals surface area contributed by atoms with E-state index in [1.54, 1.807) is 18.7 Å². The van der Waals surface area contributed by atoms with Gasteiger partial charge < -0.3 is 33.4 Å². The number of nitrogens with one attached hydrogen (secondary N) is 1. The predicted octanol–water partition coefficient (Wildman–Crippen LogP) is 4.13. The van der Waals surface area contributed by atoms with Gasteiger partial charge in [-0.2, -0.15) is 0 Å². The molecule has 1 aromatic carbocycles. The first-order valence-corrected chi connectivity index (χ1v) is 14.5. The van der Waals surface area contributed by atoms with Crippen LogP contribution in [0.5, 0.6) is 5.75 Å². The van der Waals surface area contributed by atoms with E-state index in [0.717, 1.165) is 60.8 Å². The summed E-state index contributed by atoms with van der Waals surface area (Å²) in [4.78, 5) is 30.0. The fourth-order valence-electron chi connectivity index (χ4n) is 5.30. The van der Waals surface area contributed by atoms with Crippen molar-refractivity contribution in [3.8, 4) is 17.1 Å². The molecule has 1 aliphatic heterocycles. The van der Waals surface area contributed by atoms with Crippen LogP contribution in [-0.4, -0.2) is 72.3 Å². The molecule has 0 amide bonds. The second-order valence-corrected chi connectivity index (χ2v) is 11.3. The number of ether oxygens (including phenoxy) is 4. The zero-order valence-electron chi connectivity index (χ0n) is 25.6. The van der Waals surface area contributed by atoms with E-state index < -0.39 is 6.04 Å². The van der Waals surface area contributed by atoms with Crippen LogP contribution in [0.1, 0.15) is 39.2 Å². The van der Waals surface area contributed by atoms with E-state index >= 15 is 0 Å². The van der Waals surface area contributed by atoms with Gasteiger partial charge in [0, 0.05) is 63.9 Å². The van der Waals surface area contributed by atoms with Gasteiger partial charge in [0.25, 0.3) is 5.56 Å². The first-order valence-electron chi connectivity index (χ1n) is 14.5. The predicted molar refractivity (Wildman–Crippen MR) is 165 cm³/mol. The summed E-state index contributed by atoms with van der Waals surface area (Å²) in [7, 11) is 3.36. The number of imidazole rings is 1. The summed E-state index contributed by atoms with van der Waals surface area (Å²) in [6.07, 6.45) is 3.54. The Morgan fingerprint density at radius 1 is 1.19 bits per heavy atom. The molecule has 42 heavy (non-hydrogen) atoms. The van der Waals surface area contributed by atoms with Crippen LogP contribution in [0.2, 0.25) is 0 Å². The molecule has 11 heteroatoms. The largest absolute Gasteiger partial charge is 0.492 e. The van der Waals surface area contributed by atoms with Gasteiger partial charge in [-0.05, 0) is 56.7 Å². The number of carbonyl (C=O) groups excluding carboxylic acids is 1. The van der Waals surface area contributed by atoms with Crippen molar-refractivity contribution in [1.29, 1.82) is 0 Å². The first kappa shape index (κ1) is 33.6. The fraction of sp³-hybridized carbons (Fsp3) is 0.581. The standard InChI is InChI=1S/C31H44N4O6.ClH/c1-20(2)28(31(37)41-22(4)19-38-6)32-11-14-40-25-7-8-26-27(16-25)35(17-23-9-12-39-13-10-23)29(33-26)24-15-21(3)30(36)34(5)18-24;/h7-8,15-16,18,20,22-23,28,32H,9-14,17,19H2,1-6H3;1H/t22?,28-;/m0./s1. The van der Waals surface area contributed by atoms with Gasteiger partial charge in [-0.3, -0.25) is 9.59 Å². The number of esters is 1. The second kappa shape index (κ2) is 15.5. The Morgan fingerprint density at radius 2 is 1.93 bits per heavy atom. The SMILES string of the molecule is COCC(C)OC(=O)[C@@H](NCCOc1ccc2nc(-c3cc(C)c(=O)n(C)c3)n(CC3CCOCC3)c2c1)C(C)C.Cl. The van der Waals surface area contributed by atoms with E-state index in [-0.39, 0.29) is 36.0 Å². The number of fused-ring (bicyclic) bond motifs is 1.